The molecular formula is C24H23NO. The Hall–Kier alpha value is -2.87. The van der Waals surface area contributed by atoms with Crippen molar-refractivity contribution in [2.75, 3.05) is 11.9 Å². The fraction of sp³-hybridized carbons (Fsp3) is 0.208. The minimum Gasteiger partial charge on any atom is -0.344 e. The van der Waals surface area contributed by atoms with E-state index in [1.54, 1.807) is 6.92 Å². The predicted octanol–water partition coefficient (Wildman–Crippen LogP) is 5.66. The first-order valence-electron chi connectivity index (χ1n) is 9.13. The first-order valence-corrected chi connectivity index (χ1v) is 9.13. The summed E-state index contributed by atoms with van der Waals surface area (Å²) in [6.07, 6.45) is 0.543. The molecule has 3 aromatic rings. The van der Waals surface area contributed by atoms with Gasteiger partial charge in [0, 0.05) is 36.7 Å². The molecule has 26 heavy (non-hydrogen) atoms. The van der Waals surface area contributed by atoms with Crippen LogP contribution in [0, 0.1) is 0 Å². The maximum Gasteiger partial charge on any atom is 0.130 e. The summed E-state index contributed by atoms with van der Waals surface area (Å²) in [4.78, 5) is 14.4. The smallest absolute Gasteiger partial charge is 0.130 e. The molecule has 1 aliphatic rings. The van der Waals surface area contributed by atoms with E-state index in [2.05, 4.69) is 84.7 Å². The lowest BCUT2D eigenvalue weighted by Crippen LogP contribution is -2.26. The predicted molar refractivity (Wildman–Crippen MR) is 107 cm³/mol. The number of benzene rings is 3. The van der Waals surface area contributed by atoms with Gasteiger partial charge in [-0.25, -0.2) is 0 Å². The highest BCUT2D eigenvalue weighted by Crippen LogP contribution is 2.51. The van der Waals surface area contributed by atoms with E-state index < -0.39 is 0 Å². The third-order valence-corrected chi connectivity index (χ3v) is 5.40. The Morgan fingerprint density at radius 2 is 1.35 bits per heavy atom. The highest BCUT2D eigenvalue weighted by atomic mass is 16.1. The Bertz CT molecular complexity index is 884. The molecule has 0 bridgehead atoms. The van der Waals surface area contributed by atoms with E-state index in [9.17, 15) is 4.79 Å². The molecule has 0 saturated carbocycles. The third kappa shape index (κ3) is 2.82. The number of anilines is 2. The second-order valence-corrected chi connectivity index (χ2v) is 7.08. The zero-order valence-electron chi connectivity index (χ0n) is 15.2. The van der Waals surface area contributed by atoms with Gasteiger partial charge < -0.3 is 9.69 Å². The van der Waals surface area contributed by atoms with Gasteiger partial charge in [0.1, 0.15) is 5.78 Å². The van der Waals surface area contributed by atoms with Crippen molar-refractivity contribution in [3.05, 3.63) is 95.6 Å². The van der Waals surface area contributed by atoms with Gasteiger partial charge in [0.05, 0.1) is 0 Å². The highest BCUT2D eigenvalue weighted by molar-refractivity contribution is 5.79. The van der Waals surface area contributed by atoms with Crippen molar-refractivity contribution in [3.8, 4) is 0 Å². The first kappa shape index (κ1) is 16.6. The third-order valence-electron chi connectivity index (χ3n) is 5.40. The van der Waals surface area contributed by atoms with Gasteiger partial charge in [0.2, 0.25) is 0 Å². The van der Waals surface area contributed by atoms with Crippen LogP contribution in [0.15, 0.2) is 78.9 Å². The quantitative estimate of drug-likeness (QED) is 0.610. The molecule has 1 aliphatic heterocycles. The molecular weight excluding hydrogens is 318 g/mol. The molecule has 0 spiro atoms. The number of carbonyl (C=O) groups excluding carboxylic acids is 1. The van der Waals surface area contributed by atoms with Gasteiger partial charge in [-0.1, -0.05) is 66.7 Å². The van der Waals surface area contributed by atoms with Gasteiger partial charge in [-0.15, -0.1) is 0 Å². The van der Waals surface area contributed by atoms with Crippen molar-refractivity contribution in [2.24, 2.45) is 0 Å². The molecule has 0 saturated heterocycles. The summed E-state index contributed by atoms with van der Waals surface area (Å²) in [5, 5.41) is 0. The minimum atomic E-state index is 0.129. The number of carbonyl (C=O) groups is 1. The normalized spacial score (nSPS) is 14.5. The van der Waals surface area contributed by atoms with Crippen LogP contribution in [0.5, 0.6) is 0 Å². The topological polar surface area (TPSA) is 20.3 Å². The van der Waals surface area contributed by atoms with Gasteiger partial charge in [-0.2, -0.15) is 0 Å². The molecule has 0 radical (unpaired) electrons. The van der Waals surface area contributed by atoms with E-state index in [0.717, 1.165) is 0 Å². The van der Waals surface area contributed by atoms with E-state index in [0.29, 0.717) is 6.42 Å². The van der Waals surface area contributed by atoms with Gasteiger partial charge >= 0.3 is 0 Å². The summed E-state index contributed by atoms with van der Waals surface area (Å²) < 4.78 is 0. The van der Waals surface area contributed by atoms with Crippen LogP contribution in [0.2, 0.25) is 0 Å². The number of hydrogen-bond acceptors (Lipinski definition) is 2. The monoisotopic (exact) mass is 341 g/mol. The van der Waals surface area contributed by atoms with Crippen molar-refractivity contribution < 1.29 is 4.79 Å². The Morgan fingerprint density at radius 3 is 1.88 bits per heavy atom. The van der Waals surface area contributed by atoms with Crippen LogP contribution in [-0.4, -0.2) is 12.8 Å². The summed E-state index contributed by atoms with van der Waals surface area (Å²) >= 11 is 0. The number of ketones is 1. The molecule has 0 N–H and O–H groups in total. The lowest BCUT2D eigenvalue weighted by molar-refractivity contribution is -0.117. The zero-order valence-corrected chi connectivity index (χ0v) is 15.2. The van der Waals surface area contributed by atoms with Gasteiger partial charge in [0.25, 0.3) is 0 Å². The van der Waals surface area contributed by atoms with E-state index in [4.69, 9.17) is 0 Å². The average Bonchev–Trinajstić information content (AvgIpc) is 2.68. The second kappa shape index (κ2) is 6.80. The van der Waals surface area contributed by atoms with Gasteiger partial charge in [-0.3, -0.25) is 0 Å². The number of rotatable bonds is 4. The number of hydrogen-bond donors (Lipinski definition) is 0. The van der Waals surface area contributed by atoms with Crippen LogP contribution in [0.3, 0.4) is 0 Å². The molecule has 1 unspecified atom stereocenters. The van der Waals surface area contributed by atoms with Crippen LogP contribution in [0.25, 0.3) is 0 Å². The molecule has 4 rings (SSSR count). The number of para-hydroxylation sites is 2. The van der Waals surface area contributed by atoms with Crippen molar-refractivity contribution >= 4 is 17.2 Å². The largest absolute Gasteiger partial charge is 0.344 e. The average molecular weight is 341 g/mol. The van der Waals surface area contributed by atoms with Crippen LogP contribution in [0.4, 0.5) is 11.4 Å². The Labute approximate surface area is 155 Å². The molecule has 0 aromatic heterocycles. The lowest BCUT2D eigenvalue weighted by atomic mass is 9.72. The molecule has 0 amide bonds. The maximum atomic E-state index is 12.1. The molecule has 1 heterocycles. The Morgan fingerprint density at radius 1 is 0.846 bits per heavy atom. The van der Waals surface area contributed by atoms with Crippen molar-refractivity contribution in [1.29, 1.82) is 0 Å². The second-order valence-electron chi connectivity index (χ2n) is 7.08. The molecule has 130 valence electrons. The summed E-state index contributed by atoms with van der Waals surface area (Å²) in [6, 6.07) is 27.6. The number of Topliss-reactive ketones (excluding diaryl/α,β-unsaturated/α-hetero) is 1. The summed E-state index contributed by atoms with van der Waals surface area (Å²) in [6.45, 7) is 1.70. The summed E-state index contributed by atoms with van der Waals surface area (Å²) in [5.74, 6) is 0.530. The van der Waals surface area contributed by atoms with E-state index in [-0.39, 0.29) is 17.6 Å². The molecule has 3 aromatic carbocycles. The fourth-order valence-electron chi connectivity index (χ4n) is 4.28. The molecule has 0 aliphatic carbocycles. The van der Waals surface area contributed by atoms with Crippen LogP contribution in [0.1, 0.15) is 41.9 Å². The Kier molecular flexibility index (Phi) is 4.34. The molecule has 2 nitrogen and oxygen atoms in total. The van der Waals surface area contributed by atoms with Crippen LogP contribution in [-0.2, 0) is 4.79 Å². The Balaban J connectivity index is 1.94. The lowest BCUT2D eigenvalue weighted by Gasteiger charge is -2.39. The molecule has 0 fully saturated rings. The van der Waals surface area contributed by atoms with Crippen molar-refractivity contribution in [3.63, 3.8) is 0 Å². The van der Waals surface area contributed by atoms with Gasteiger partial charge in [-0.05, 0) is 35.7 Å². The highest BCUT2D eigenvalue weighted by Gasteiger charge is 2.35. The minimum absolute atomic E-state index is 0.129. The van der Waals surface area contributed by atoms with Gasteiger partial charge in [0.15, 0.2) is 0 Å². The van der Waals surface area contributed by atoms with Crippen LogP contribution < -0.4 is 4.90 Å². The maximum absolute atomic E-state index is 12.1. The van der Waals surface area contributed by atoms with Crippen molar-refractivity contribution in [1.82, 2.24) is 0 Å². The van der Waals surface area contributed by atoms with E-state index >= 15 is 0 Å². The fourth-order valence-corrected chi connectivity index (χ4v) is 4.28. The summed E-state index contributed by atoms with van der Waals surface area (Å²) in [7, 11) is 2.12. The SMILES string of the molecule is CC(=O)CC(c1ccccc1)C1c2ccccc2N(C)c2ccccc21. The molecule has 2 heteroatoms. The zero-order chi connectivity index (χ0) is 18.1. The van der Waals surface area contributed by atoms with E-state index in [1.807, 2.05) is 6.07 Å². The van der Waals surface area contributed by atoms with Crippen LogP contribution >= 0.6 is 0 Å². The van der Waals surface area contributed by atoms with E-state index in [1.165, 1.54) is 28.1 Å². The standard InChI is InChI=1S/C24H23NO/c1-17(26)16-21(18-10-4-3-5-11-18)24-19-12-6-8-14-22(19)25(2)23-15-9-7-13-20(23)24/h3-15,21,24H,16H2,1-2H3. The van der Waals surface area contributed by atoms with Crippen molar-refractivity contribution in [2.45, 2.75) is 25.2 Å². The number of nitrogens with zero attached hydrogens (tertiary/aromatic N) is 1. The number of fused-ring (bicyclic) bond motifs is 2. The summed E-state index contributed by atoms with van der Waals surface area (Å²) in [5.41, 5.74) is 6.26. The first-order chi connectivity index (χ1) is 12.7. The molecule has 1 atom stereocenters.